The number of benzene rings is 1. The van der Waals surface area contributed by atoms with Gasteiger partial charge in [0, 0.05) is 4.90 Å². The molecule has 0 aromatic heterocycles. The number of nitrogens with one attached hydrogen (secondary N) is 1. The van der Waals surface area contributed by atoms with Crippen LogP contribution in [0.4, 0.5) is 0 Å². The fourth-order valence-electron chi connectivity index (χ4n) is 3.05. The van der Waals surface area contributed by atoms with Gasteiger partial charge in [-0.05, 0) is 36.8 Å². The smallest absolute Gasteiger partial charge is 0.305 e. The van der Waals surface area contributed by atoms with E-state index in [-0.39, 0.29) is 6.42 Å². The fraction of sp³-hybridized carbons (Fsp3) is 0.529. The maximum Gasteiger partial charge on any atom is 0.305 e. The first kappa shape index (κ1) is 19.8. The topological polar surface area (TPSA) is 101 Å². The van der Waals surface area contributed by atoms with Crippen molar-refractivity contribution in [2.75, 3.05) is 12.0 Å². The SMILES string of the molecule is CSc1ccc(C(CC(=O)O)NC(=O)CS(=O)(=O)C2CCCC2)cc1. The van der Waals surface area contributed by atoms with Crippen molar-refractivity contribution in [3.63, 3.8) is 0 Å². The molecule has 1 unspecified atom stereocenters. The van der Waals surface area contributed by atoms with E-state index in [2.05, 4.69) is 5.32 Å². The van der Waals surface area contributed by atoms with Crippen molar-refractivity contribution >= 4 is 33.5 Å². The molecule has 25 heavy (non-hydrogen) atoms. The Kier molecular flexibility index (Phi) is 6.89. The molecule has 1 aromatic carbocycles. The average Bonchev–Trinajstić information content (AvgIpc) is 3.09. The number of carbonyl (C=O) groups is 2. The second-order valence-corrected chi connectivity index (χ2v) is 9.37. The van der Waals surface area contributed by atoms with E-state index < -0.39 is 38.8 Å². The summed E-state index contributed by atoms with van der Waals surface area (Å²) in [6.07, 6.45) is 4.58. The summed E-state index contributed by atoms with van der Waals surface area (Å²) >= 11 is 1.56. The Bertz CT molecular complexity index is 709. The Hall–Kier alpha value is -1.54. The highest BCUT2D eigenvalue weighted by molar-refractivity contribution is 7.98. The van der Waals surface area contributed by atoms with Gasteiger partial charge in [0.15, 0.2) is 9.84 Å². The maximum atomic E-state index is 12.3. The Morgan fingerprint density at radius 2 is 1.84 bits per heavy atom. The summed E-state index contributed by atoms with van der Waals surface area (Å²) in [6, 6.07) is 6.45. The summed E-state index contributed by atoms with van der Waals surface area (Å²) < 4.78 is 24.6. The number of sulfone groups is 1. The Balaban J connectivity index is 2.07. The first-order valence-electron chi connectivity index (χ1n) is 8.18. The van der Waals surface area contributed by atoms with E-state index in [0.717, 1.165) is 17.7 Å². The molecule has 2 N–H and O–H groups in total. The van der Waals surface area contributed by atoms with E-state index in [1.807, 2.05) is 18.4 Å². The molecule has 1 amide bonds. The van der Waals surface area contributed by atoms with Gasteiger partial charge in [-0.2, -0.15) is 0 Å². The van der Waals surface area contributed by atoms with Crippen molar-refractivity contribution < 1.29 is 23.1 Å². The third-order valence-electron chi connectivity index (χ3n) is 4.37. The first-order valence-corrected chi connectivity index (χ1v) is 11.1. The number of hydrogen-bond donors (Lipinski definition) is 2. The molecule has 1 fully saturated rings. The van der Waals surface area contributed by atoms with Crippen molar-refractivity contribution in [3.05, 3.63) is 29.8 Å². The quantitative estimate of drug-likeness (QED) is 0.667. The van der Waals surface area contributed by atoms with Crippen molar-refractivity contribution in [2.45, 2.75) is 48.3 Å². The number of aliphatic carboxylic acids is 1. The minimum atomic E-state index is -3.49. The highest BCUT2D eigenvalue weighted by Crippen LogP contribution is 2.26. The van der Waals surface area contributed by atoms with Crippen LogP contribution < -0.4 is 5.32 Å². The van der Waals surface area contributed by atoms with E-state index in [1.165, 1.54) is 0 Å². The molecule has 1 aliphatic carbocycles. The van der Waals surface area contributed by atoms with E-state index in [0.29, 0.717) is 18.4 Å². The van der Waals surface area contributed by atoms with Crippen LogP contribution in [0, 0.1) is 0 Å². The number of carboxylic acids is 1. The van der Waals surface area contributed by atoms with Crippen LogP contribution in [0.2, 0.25) is 0 Å². The van der Waals surface area contributed by atoms with Gasteiger partial charge in [0.2, 0.25) is 5.91 Å². The summed E-state index contributed by atoms with van der Waals surface area (Å²) in [7, 11) is -3.49. The van der Waals surface area contributed by atoms with Crippen LogP contribution in [0.3, 0.4) is 0 Å². The lowest BCUT2D eigenvalue weighted by Crippen LogP contribution is -2.37. The predicted octanol–water partition coefficient (Wildman–Crippen LogP) is 2.40. The van der Waals surface area contributed by atoms with E-state index in [4.69, 9.17) is 5.11 Å². The molecule has 0 spiro atoms. The summed E-state index contributed by atoms with van der Waals surface area (Å²) in [6.45, 7) is 0. The minimum absolute atomic E-state index is 0.298. The molecule has 6 nitrogen and oxygen atoms in total. The molecule has 1 aromatic rings. The minimum Gasteiger partial charge on any atom is -0.481 e. The van der Waals surface area contributed by atoms with Crippen molar-refractivity contribution in [3.8, 4) is 0 Å². The second-order valence-electron chi connectivity index (χ2n) is 6.20. The van der Waals surface area contributed by atoms with Gasteiger partial charge in [-0.25, -0.2) is 8.42 Å². The van der Waals surface area contributed by atoms with E-state index >= 15 is 0 Å². The lowest BCUT2D eigenvalue weighted by Gasteiger charge is -2.19. The molecule has 1 atom stereocenters. The van der Waals surface area contributed by atoms with Crippen LogP contribution in [0.25, 0.3) is 0 Å². The van der Waals surface area contributed by atoms with E-state index in [1.54, 1.807) is 23.9 Å². The van der Waals surface area contributed by atoms with Gasteiger partial charge >= 0.3 is 5.97 Å². The number of carboxylic acid groups (broad SMARTS) is 1. The summed E-state index contributed by atoms with van der Waals surface area (Å²) in [5.74, 6) is -2.29. The molecular weight excluding hydrogens is 362 g/mol. The van der Waals surface area contributed by atoms with Crippen LogP contribution in [0.15, 0.2) is 29.2 Å². The third-order valence-corrected chi connectivity index (χ3v) is 7.27. The molecule has 138 valence electrons. The Morgan fingerprint density at radius 3 is 2.36 bits per heavy atom. The van der Waals surface area contributed by atoms with Crippen molar-refractivity contribution in [1.82, 2.24) is 5.32 Å². The fourth-order valence-corrected chi connectivity index (χ4v) is 5.19. The van der Waals surface area contributed by atoms with Gasteiger partial charge in [0.1, 0.15) is 5.75 Å². The summed E-state index contributed by atoms with van der Waals surface area (Å²) in [5.41, 5.74) is 0.645. The monoisotopic (exact) mass is 385 g/mol. The van der Waals surface area contributed by atoms with Gasteiger partial charge in [0.25, 0.3) is 0 Å². The molecule has 0 saturated heterocycles. The molecule has 1 saturated carbocycles. The van der Waals surface area contributed by atoms with Gasteiger partial charge in [-0.1, -0.05) is 25.0 Å². The van der Waals surface area contributed by atoms with Crippen LogP contribution in [0.1, 0.15) is 43.7 Å². The summed E-state index contributed by atoms with van der Waals surface area (Å²) in [4.78, 5) is 24.3. The molecule has 8 heteroatoms. The van der Waals surface area contributed by atoms with Gasteiger partial charge in [-0.15, -0.1) is 11.8 Å². The Morgan fingerprint density at radius 1 is 1.24 bits per heavy atom. The highest BCUT2D eigenvalue weighted by Gasteiger charge is 2.31. The van der Waals surface area contributed by atoms with Crippen molar-refractivity contribution in [1.29, 1.82) is 0 Å². The maximum absolute atomic E-state index is 12.3. The second kappa shape index (κ2) is 8.71. The van der Waals surface area contributed by atoms with Crippen LogP contribution in [-0.2, 0) is 19.4 Å². The number of hydrogen-bond acceptors (Lipinski definition) is 5. The highest BCUT2D eigenvalue weighted by atomic mass is 32.2. The molecule has 2 rings (SSSR count). The lowest BCUT2D eigenvalue weighted by atomic mass is 10.0. The molecule has 0 radical (unpaired) electrons. The molecule has 1 aliphatic rings. The van der Waals surface area contributed by atoms with Gasteiger partial charge in [0.05, 0.1) is 17.7 Å². The number of thioether (sulfide) groups is 1. The third kappa shape index (κ3) is 5.74. The van der Waals surface area contributed by atoms with Gasteiger partial charge in [-0.3, -0.25) is 9.59 Å². The van der Waals surface area contributed by atoms with Crippen molar-refractivity contribution in [2.24, 2.45) is 0 Å². The molecule has 0 bridgehead atoms. The number of rotatable bonds is 8. The molecule has 0 aliphatic heterocycles. The number of amides is 1. The zero-order chi connectivity index (χ0) is 18.4. The standard InChI is InChI=1S/C17H23NO5S2/c1-24-13-8-6-12(7-9-13)15(10-17(20)21)18-16(19)11-25(22,23)14-4-2-3-5-14/h6-9,14-15H,2-5,10-11H2,1H3,(H,18,19)(H,20,21). The zero-order valence-corrected chi connectivity index (χ0v) is 15.7. The predicted molar refractivity (Wildman–Crippen MR) is 97.4 cm³/mol. The van der Waals surface area contributed by atoms with Crippen LogP contribution in [-0.4, -0.2) is 42.7 Å². The normalized spacial score (nSPS) is 16.5. The van der Waals surface area contributed by atoms with Crippen LogP contribution in [0.5, 0.6) is 0 Å². The Labute approximate surface area is 152 Å². The molecular formula is C17H23NO5S2. The summed E-state index contributed by atoms with van der Waals surface area (Å²) in [5, 5.41) is 11.2. The average molecular weight is 386 g/mol. The van der Waals surface area contributed by atoms with Gasteiger partial charge < -0.3 is 10.4 Å². The molecule has 0 heterocycles. The first-order chi connectivity index (χ1) is 11.8. The lowest BCUT2D eigenvalue weighted by molar-refractivity contribution is -0.137. The van der Waals surface area contributed by atoms with E-state index in [9.17, 15) is 18.0 Å². The van der Waals surface area contributed by atoms with Crippen LogP contribution >= 0.6 is 11.8 Å². The zero-order valence-electron chi connectivity index (χ0n) is 14.1. The largest absolute Gasteiger partial charge is 0.481 e. The number of carbonyl (C=O) groups excluding carboxylic acids is 1.